The SMILES string of the molecule is CC(CCCCCCCCCCC(=O)O)(CCCCCCCCCCC(=O)O)C(=O)NCCOCCOCCOCCO.O=CO. The van der Waals surface area contributed by atoms with Crippen molar-refractivity contribution in [2.45, 2.75) is 135 Å². The molecule has 0 unspecified atom stereocenters. The zero-order valence-corrected chi connectivity index (χ0v) is 28.5. The van der Waals surface area contributed by atoms with Crippen LogP contribution in [0.5, 0.6) is 0 Å². The Bertz CT molecular complexity index is 687. The van der Waals surface area contributed by atoms with E-state index in [1.807, 2.05) is 0 Å². The van der Waals surface area contributed by atoms with Crippen molar-refractivity contribution in [3.05, 3.63) is 0 Å². The van der Waals surface area contributed by atoms with Crippen molar-refractivity contribution in [3.8, 4) is 0 Å². The Morgan fingerprint density at radius 1 is 0.587 bits per heavy atom. The standard InChI is InChI=1S/C33H63NO9.CH2O2/c1-33(20-16-12-8-4-2-6-10-14-18-30(36)37,21-17-13-9-5-3-7-11-15-19-31(38)39)32(40)34-22-24-41-26-28-43-29-27-42-25-23-35;2-1-3/h35H,2-29H2,1H3,(H,34,40)(H,36,37)(H,38,39);1H,(H,2,3). The van der Waals surface area contributed by atoms with Gasteiger partial charge in [-0.3, -0.25) is 19.2 Å². The van der Waals surface area contributed by atoms with Crippen LogP contribution in [0.25, 0.3) is 0 Å². The third-order valence-corrected chi connectivity index (χ3v) is 7.80. The van der Waals surface area contributed by atoms with Gasteiger partial charge in [-0.15, -0.1) is 0 Å². The van der Waals surface area contributed by atoms with Crippen LogP contribution in [0.2, 0.25) is 0 Å². The molecule has 5 N–H and O–H groups in total. The van der Waals surface area contributed by atoms with Crippen molar-refractivity contribution in [2.75, 3.05) is 52.8 Å². The molecule has 0 aromatic carbocycles. The number of ether oxygens (including phenoxy) is 3. The molecule has 0 radical (unpaired) electrons. The number of carboxylic acids is 2. The van der Waals surface area contributed by atoms with Crippen molar-refractivity contribution in [1.82, 2.24) is 5.32 Å². The number of amides is 1. The fourth-order valence-electron chi connectivity index (χ4n) is 5.11. The molecule has 0 fully saturated rings. The number of carboxylic acid groups (broad SMARTS) is 3. The van der Waals surface area contributed by atoms with Crippen molar-refractivity contribution in [1.29, 1.82) is 0 Å². The zero-order valence-electron chi connectivity index (χ0n) is 28.5. The maximum atomic E-state index is 13.2. The van der Waals surface area contributed by atoms with Crippen LogP contribution in [-0.2, 0) is 33.4 Å². The highest BCUT2D eigenvalue weighted by atomic mass is 16.5. The quantitative estimate of drug-likeness (QED) is 0.0412. The van der Waals surface area contributed by atoms with Gasteiger partial charge in [0.05, 0.1) is 46.2 Å². The van der Waals surface area contributed by atoms with Gasteiger partial charge in [-0.25, -0.2) is 0 Å². The van der Waals surface area contributed by atoms with E-state index >= 15 is 0 Å². The molecule has 0 rings (SSSR count). The van der Waals surface area contributed by atoms with E-state index in [-0.39, 0.29) is 31.8 Å². The van der Waals surface area contributed by atoms with Crippen LogP contribution in [0, 0.1) is 5.41 Å². The molecular weight excluding hydrogens is 598 g/mol. The lowest BCUT2D eigenvalue weighted by molar-refractivity contribution is -0.138. The Morgan fingerprint density at radius 2 is 0.913 bits per heavy atom. The molecule has 272 valence electrons. The number of hydrogen-bond donors (Lipinski definition) is 5. The summed E-state index contributed by atoms with van der Waals surface area (Å²) < 4.78 is 16.1. The number of aliphatic carboxylic acids is 2. The average molecular weight is 664 g/mol. The topological polar surface area (TPSA) is 189 Å². The number of unbranched alkanes of at least 4 members (excludes halogenated alkanes) is 14. The molecule has 0 aromatic heterocycles. The van der Waals surface area contributed by atoms with Crippen LogP contribution in [0.15, 0.2) is 0 Å². The molecule has 0 aliphatic heterocycles. The highest BCUT2D eigenvalue weighted by Crippen LogP contribution is 2.32. The van der Waals surface area contributed by atoms with Crippen LogP contribution in [0.1, 0.15) is 135 Å². The summed E-state index contributed by atoms with van der Waals surface area (Å²) in [5, 5.41) is 36.1. The van der Waals surface area contributed by atoms with E-state index in [4.69, 9.17) is 39.4 Å². The summed E-state index contributed by atoms with van der Waals surface area (Å²) in [5.74, 6) is -1.33. The molecule has 0 saturated heterocycles. The van der Waals surface area contributed by atoms with Crippen molar-refractivity contribution < 1.29 is 53.8 Å². The Hall–Kier alpha value is -2.28. The molecule has 0 atom stereocenters. The molecular formula is C34H65NO11. The van der Waals surface area contributed by atoms with Gasteiger partial charge in [0.1, 0.15) is 0 Å². The summed E-state index contributed by atoms with van der Waals surface area (Å²) in [6, 6.07) is 0. The van der Waals surface area contributed by atoms with Gasteiger partial charge < -0.3 is 40.0 Å². The van der Waals surface area contributed by atoms with Gasteiger partial charge in [0.25, 0.3) is 6.47 Å². The van der Waals surface area contributed by atoms with Crippen molar-refractivity contribution in [3.63, 3.8) is 0 Å². The van der Waals surface area contributed by atoms with E-state index in [1.54, 1.807) is 0 Å². The first-order chi connectivity index (χ1) is 22.2. The summed E-state index contributed by atoms with van der Waals surface area (Å²) in [5.41, 5.74) is -0.397. The maximum Gasteiger partial charge on any atom is 0.303 e. The molecule has 0 aliphatic carbocycles. The van der Waals surface area contributed by atoms with Gasteiger partial charge in [-0.05, 0) is 25.7 Å². The number of hydrogen-bond acceptors (Lipinski definition) is 8. The highest BCUT2D eigenvalue weighted by Gasteiger charge is 2.31. The van der Waals surface area contributed by atoms with Crippen LogP contribution in [0.3, 0.4) is 0 Å². The minimum absolute atomic E-state index is 0.00547. The summed E-state index contributed by atoms with van der Waals surface area (Å²) in [4.78, 5) is 42.8. The fourth-order valence-corrected chi connectivity index (χ4v) is 5.11. The van der Waals surface area contributed by atoms with E-state index in [0.717, 1.165) is 116 Å². The van der Waals surface area contributed by atoms with Gasteiger partial charge in [-0.1, -0.05) is 96.8 Å². The third-order valence-electron chi connectivity index (χ3n) is 7.80. The predicted molar refractivity (Wildman–Crippen MR) is 177 cm³/mol. The van der Waals surface area contributed by atoms with Gasteiger partial charge in [0, 0.05) is 24.8 Å². The second-order valence-electron chi connectivity index (χ2n) is 11.9. The van der Waals surface area contributed by atoms with Crippen LogP contribution in [0.4, 0.5) is 0 Å². The van der Waals surface area contributed by atoms with Crippen LogP contribution >= 0.6 is 0 Å². The minimum Gasteiger partial charge on any atom is -0.483 e. The number of aliphatic hydroxyl groups excluding tert-OH is 1. The number of carbonyl (C=O) groups excluding carboxylic acids is 1. The van der Waals surface area contributed by atoms with Gasteiger partial charge in [0.2, 0.25) is 5.91 Å². The monoisotopic (exact) mass is 663 g/mol. The summed E-state index contributed by atoms with van der Waals surface area (Å²) >= 11 is 0. The lowest BCUT2D eigenvalue weighted by atomic mass is 9.78. The summed E-state index contributed by atoms with van der Waals surface area (Å²) in [6.45, 7) is 4.88. The predicted octanol–water partition coefficient (Wildman–Crippen LogP) is 5.82. The van der Waals surface area contributed by atoms with E-state index in [2.05, 4.69) is 12.2 Å². The first kappa shape index (κ1) is 45.8. The van der Waals surface area contributed by atoms with Crippen LogP contribution in [-0.4, -0.2) is 97.5 Å². The molecule has 0 aliphatic rings. The van der Waals surface area contributed by atoms with Gasteiger partial charge >= 0.3 is 11.9 Å². The number of carbonyl (C=O) groups is 4. The maximum absolute atomic E-state index is 13.2. The second kappa shape index (κ2) is 35.6. The fraction of sp³-hybridized carbons (Fsp3) is 0.882. The molecule has 0 spiro atoms. The molecule has 12 nitrogen and oxygen atoms in total. The first-order valence-electron chi connectivity index (χ1n) is 17.4. The highest BCUT2D eigenvalue weighted by molar-refractivity contribution is 5.82. The average Bonchev–Trinajstić information content (AvgIpc) is 3.01. The largest absolute Gasteiger partial charge is 0.483 e. The normalized spacial score (nSPS) is 11.1. The first-order valence-corrected chi connectivity index (χ1v) is 17.4. The molecule has 0 aromatic rings. The Balaban J connectivity index is 0. The number of nitrogens with one attached hydrogen (secondary N) is 1. The van der Waals surface area contributed by atoms with E-state index in [0.29, 0.717) is 46.2 Å². The lowest BCUT2D eigenvalue weighted by Gasteiger charge is -2.29. The van der Waals surface area contributed by atoms with E-state index < -0.39 is 17.4 Å². The van der Waals surface area contributed by atoms with Gasteiger partial charge in [-0.2, -0.15) is 0 Å². The Labute approximate surface area is 277 Å². The molecule has 46 heavy (non-hydrogen) atoms. The minimum atomic E-state index is -0.716. The number of aliphatic hydroxyl groups is 1. The Morgan fingerprint density at radius 3 is 1.28 bits per heavy atom. The van der Waals surface area contributed by atoms with Crippen LogP contribution < -0.4 is 5.32 Å². The summed E-state index contributed by atoms with van der Waals surface area (Å²) in [7, 11) is 0. The van der Waals surface area contributed by atoms with Gasteiger partial charge in [0.15, 0.2) is 0 Å². The van der Waals surface area contributed by atoms with Crippen molar-refractivity contribution >= 4 is 24.3 Å². The lowest BCUT2D eigenvalue weighted by Crippen LogP contribution is -2.40. The smallest absolute Gasteiger partial charge is 0.303 e. The zero-order chi connectivity index (χ0) is 34.6. The molecule has 0 heterocycles. The Kier molecular flexibility index (Phi) is 35.4. The van der Waals surface area contributed by atoms with Crippen molar-refractivity contribution in [2.24, 2.45) is 5.41 Å². The summed E-state index contributed by atoms with van der Waals surface area (Å²) in [6.07, 6.45) is 19.0. The molecule has 0 bridgehead atoms. The molecule has 0 saturated carbocycles. The number of rotatable bonds is 34. The second-order valence-corrected chi connectivity index (χ2v) is 11.9. The van der Waals surface area contributed by atoms with E-state index in [9.17, 15) is 14.4 Å². The molecule has 12 heteroatoms. The van der Waals surface area contributed by atoms with E-state index in [1.165, 1.54) is 0 Å². The third kappa shape index (κ3) is 34.6. The molecule has 1 amide bonds.